The highest BCUT2D eigenvalue weighted by atomic mass is 14.0. The van der Waals surface area contributed by atoms with Crippen LogP contribution in [0.5, 0.6) is 0 Å². The molecule has 0 heteroatoms. The summed E-state index contributed by atoms with van der Waals surface area (Å²) in [5, 5.41) is 0. The molecule has 0 N–H and O–H groups in total. The zero-order valence-electron chi connectivity index (χ0n) is 19.6. The fraction of sp³-hybridized carbons (Fsp3) is 0.357. The lowest BCUT2D eigenvalue weighted by Gasteiger charge is -2.06. The Bertz CT molecular complexity index is 825. The minimum atomic E-state index is 1.33. The van der Waals surface area contributed by atoms with Gasteiger partial charge in [0.2, 0.25) is 0 Å². The van der Waals surface area contributed by atoms with E-state index in [0.717, 1.165) is 0 Å². The molecule has 0 fully saturated rings. The van der Waals surface area contributed by atoms with E-state index in [1.165, 1.54) is 55.6 Å². The molecule has 28 heavy (non-hydrogen) atoms. The molecular weight excluding hydrogens is 336 g/mol. The molecule has 0 radical (unpaired) electrons. The third kappa shape index (κ3) is 7.35. The van der Waals surface area contributed by atoms with Crippen molar-refractivity contribution in [3.8, 4) is 0 Å². The van der Waals surface area contributed by atoms with Crippen molar-refractivity contribution in [3.05, 3.63) is 104 Å². The lowest BCUT2D eigenvalue weighted by Crippen LogP contribution is -1.88. The van der Waals surface area contributed by atoms with E-state index in [2.05, 4.69) is 118 Å². The topological polar surface area (TPSA) is 0 Å². The molecule has 0 unspecified atom stereocenters. The summed E-state index contributed by atoms with van der Waals surface area (Å²) in [6, 6.07) is 17.3. The van der Waals surface area contributed by atoms with E-state index in [4.69, 9.17) is 0 Å². The Balaban J connectivity index is 0.000000212. The normalized spacial score (nSPS) is 9.79. The Morgan fingerprint density at radius 3 is 0.964 bits per heavy atom. The molecule has 0 aliphatic heterocycles. The average Bonchev–Trinajstić information content (AvgIpc) is 2.64. The van der Waals surface area contributed by atoms with Crippen LogP contribution >= 0.6 is 0 Å². The lowest BCUT2D eigenvalue weighted by molar-refractivity contribution is 1.22. The predicted molar refractivity (Wildman–Crippen MR) is 127 cm³/mol. The Labute approximate surface area is 173 Å². The third-order valence-corrected chi connectivity index (χ3v) is 5.62. The smallest absolute Gasteiger partial charge is 0.0392 e. The molecule has 0 bridgehead atoms. The highest BCUT2D eigenvalue weighted by molar-refractivity contribution is 5.38. The average molecular weight is 375 g/mol. The van der Waals surface area contributed by atoms with Gasteiger partial charge in [-0.05, 0) is 108 Å². The van der Waals surface area contributed by atoms with E-state index in [1.807, 2.05) is 0 Å². The monoisotopic (exact) mass is 374 g/mol. The zero-order chi connectivity index (χ0) is 21.4. The first kappa shape index (κ1) is 23.7. The summed E-state index contributed by atoms with van der Waals surface area (Å²) in [7, 11) is 0. The summed E-state index contributed by atoms with van der Waals surface area (Å²) < 4.78 is 0. The van der Waals surface area contributed by atoms with Crippen molar-refractivity contribution in [3.63, 3.8) is 0 Å². The van der Waals surface area contributed by atoms with Crippen LogP contribution in [0.4, 0.5) is 0 Å². The molecule has 0 heterocycles. The van der Waals surface area contributed by atoms with Crippen LogP contribution in [-0.4, -0.2) is 0 Å². The van der Waals surface area contributed by atoms with Crippen molar-refractivity contribution in [1.82, 2.24) is 0 Å². The van der Waals surface area contributed by atoms with Crippen LogP contribution in [-0.2, 0) is 0 Å². The van der Waals surface area contributed by atoms with Gasteiger partial charge in [0.05, 0.1) is 0 Å². The quantitative estimate of drug-likeness (QED) is 0.372. The summed E-state index contributed by atoms with van der Waals surface area (Å²) >= 11 is 0. The Morgan fingerprint density at radius 1 is 0.321 bits per heavy atom. The minimum absolute atomic E-state index is 1.33. The predicted octanol–water partition coefficient (Wildman–Crippen LogP) is 8.14. The first-order valence-corrected chi connectivity index (χ1v) is 10.1. The fourth-order valence-electron chi connectivity index (χ4n) is 2.98. The van der Waals surface area contributed by atoms with Crippen LogP contribution < -0.4 is 0 Å². The van der Waals surface area contributed by atoms with Crippen LogP contribution in [0.15, 0.2) is 48.5 Å². The number of hydrogen-bond donors (Lipinski definition) is 0. The van der Waals surface area contributed by atoms with Gasteiger partial charge in [-0.3, -0.25) is 0 Å². The fourth-order valence-corrected chi connectivity index (χ4v) is 2.98. The van der Waals surface area contributed by atoms with Crippen molar-refractivity contribution in [2.24, 2.45) is 0 Å². The first-order chi connectivity index (χ1) is 13.0. The maximum Gasteiger partial charge on any atom is -0.0392 e. The van der Waals surface area contributed by atoms with E-state index in [9.17, 15) is 0 Å². The van der Waals surface area contributed by atoms with E-state index in [0.29, 0.717) is 0 Å². The Kier molecular flexibility index (Phi) is 9.19. The minimum Gasteiger partial charge on any atom is -0.0591 e. The molecule has 0 aliphatic rings. The number of benzene rings is 3. The van der Waals surface area contributed by atoms with Gasteiger partial charge in [0.15, 0.2) is 0 Å². The van der Waals surface area contributed by atoms with E-state index >= 15 is 0 Å². The Hall–Kier alpha value is -2.34. The molecule has 3 aromatic carbocycles. The molecule has 0 spiro atoms. The van der Waals surface area contributed by atoms with Gasteiger partial charge in [-0.2, -0.15) is 0 Å². The molecule has 3 rings (SSSR count). The maximum atomic E-state index is 2.22. The molecular formula is C28H38. The summed E-state index contributed by atoms with van der Waals surface area (Å²) in [5.41, 5.74) is 13.9. The van der Waals surface area contributed by atoms with Crippen molar-refractivity contribution in [1.29, 1.82) is 0 Å². The van der Waals surface area contributed by atoms with Crippen molar-refractivity contribution < 1.29 is 0 Å². The second kappa shape index (κ2) is 10.9. The van der Waals surface area contributed by atoms with Gasteiger partial charge >= 0.3 is 0 Å². The molecule has 0 atom stereocenters. The van der Waals surface area contributed by atoms with Crippen LogP contribution in [0.3, 0.4) is 0 Å². The molecule has 0 nitrogen and oxygen atoms in total. The van der Waals surface area contributed by atoms with E-state index in [-0.39, 0.29) is 0 Å². The van der Waals surface area contributed by atoms with Gasteiger partial charge in [0, 0.05) is 0 Å². The van der Waals surface area contributed by atoms with Gasteiger partial charge in [-0.15, -0.1) is 0 Å². The molecule has 0 amide bonds. The highest BCUT2D eigenvalue weighted by Gasteiger charge is 1.97. The summed E-state index contributed by atoms with van der Waals surface area (Å²) in [6.07, 6.45) is 0. The largest absolute Gasteiger partial charge is 0.0591 e. The molecule has 0 saturated heterocycles. The highest BCUT2D eigenvalue weighted by Crippen LogP contribution is 2.15. The van der Waals surface area contributed by atoms with Crippen LogP contribution in [0, 0.1) is 69.2 Å². The SMILES string of the molecule is Cc1cc(C)c(C)c(C)c1.Cc1ccc(C)c(C)c1C.Cc1ccc(C)cc1. The van der Waals surface area contributed by atoms with Gasteiger partial charge in [-0.25, -0.2) is 0 Å². The van der Waals surface area contributed by atoms with Crippen molar-refractivity contribution in [2.45, 2.75) is 69.2 Å². The van der Waals surface area contributed by atoms with E-state index in [1.54, 1.807) is 0 Å². The molecule has 0 aliphatic carbocycles. The van der Waals surface area contributed by atoms with Crippen LogP contribution in [0.25, 0.3) is 0 Å². The van der Waals surface area contributed by atoms with Crippen LogP contribution in [0.1, 0.15) is 55.6 Å². The maximum absolute atomic E-state index is 2.22. The zero-order valence-corrected chi connectivity index (χ0v) is 19.6. The molecule has 150 valence electrons. The summed E-state index contributed by atoms with van der Waals surface area (Å²) in [4.78, 5) is 0. The number of hydrogen-bond acceptors (Lipinski definition) is 0. The standard InChI is InChI=1S/2C10H14.C8H10/c1-7-5-8(2)10(4)9(3)6-7;1-7-5-6-8(2)10(4)9(7)3;1-7-3-5-8(2)6-4-7/h2*5-6H,1-4H3;3-6H,1-2H3. The second-order valence-electron chi connectivity index (χ2n) is 8.13. The van der Waals surface area contributed by atoms with Crippen molar-refractivity contribution >= 4 is 0 Å². The summed E-state index contributed by atoms with van der Waals surface area (Å²) in [6.45, 7) is 21.5. The van der Waals surface area contributed by atoms with Gasteiger partial charge in [0.25, 0.3) is 0 Å². The lowest BCUT2D eigenvalue weighted by atomic mass is 10.0. The number of rotatable bonds is 0. The second-order valence-corrected chi connectivity index (χ2v) is 8.13. The molecule has 0 aromatic heterocycles. The molecule has 3 aromatic rings. The van der Waals surface area contributed by atoms with Gasteiger partial charge in [-0.1, -0.05) is 65.2 Å². The molecule has 0 saturated carbocycles. The summed E-state index contributed by atoms with van der Waals surface area (Å²) in [5.74, 6) is 0. The first-order valence-electron chi connectivity index (χ1n) is 10.1. The van der Waals surface area contributed by atoms with E-state index < -0.39 is 0 Å². The van der Waals surface area contributed by atoms with Crippen LogP contribution in [0.2, 0.25) is 0 Å². The Morgan fingerprint density at radius 2 is 0.643 bits per heavy atom. The third-order valence-electron chi connectivity index (χ3n) is 5.62. The van der Waals surface area contributed by atoms with Crippen molar-refractivity contribution in [2.75, 3.05) is 0 Å². The number of aryl methyl sites for hydroxylation is 7. The van der Waals surface area contributed by atoms with Gasteiger partial charge in [0.1, 0.15) is 0 Å². The van der Waals surface area contributed by atoms with Gasteiger partial charge < -0.3 is 0 Å².